The second kappa shape index (κ2) is 5.88. The molecule has 1 amide bonds. The Morgan fingerprint density at radius 1 is 1.30 bits per heavy atom. The fraction of sp³-hybridized carbons (Fsp3) is 0.0833. The Balaban J connectivity index is 3.02. The molecule has 0 fully saturated rings. The molecule has 0 aromatic heterocycles. The van der Waals surface area contributed by atoms with E-state index in [0.29, 0.717) is 18.2 Å². The van der Waals surface area contributed by atoms with Crippen molar-refractivity contribution in [2.24, 2.45) is 0 Å². The number of rotatable bonds is 3. The van der Waals surface area contributed by atoms with Crippen LogP contribution in [0.4, 0.5) is 18.9 Å². The maximum atomic E-state index is 12.7. The summed E-state index contributed by atoms with van der Waals surface area (Å²) >= 11 is 0. The van der Waals surface area contributed by atoms with Crippen LogP contribution in [-0.4, -0.2) is 17.0 Å². The molecule has 5 nitrogen and oxygen atoms in total. The van der Waals surface area contributed by atoms with E-state index in [1.165, 1.54) is 6.07 Å². The van der Waals surface area contributed by atoms with Gasteiger partial charge in [-0.05, 0) is 18.2 Å². The number of carbonyl (C=O) groups excluding carboxylic acids is 1. The maximum Gasteiger partial charge on any atom is 0.417 e. The van der Waals surface area contributed by atoms with E-state index >= 15 is 0 Å². The predicted molar refractivity (Wildman–Crippen MR) is 61.6 cm³/mol. The van der Waals surface area contributed by atoms with E-state index < -0.39 is 29.2 Å². The number of alkyl halides is 3. The van der Waals surface area contributed by atoms with Gasteiger partial charge in [0.05, 0.1) is 17.2 Å². The molecule has 0 bridgehead atoms. The molecule has 0 spiro atoms. The highest BCUT2D eigenvalue weighted by molar-refractivity contribution is 6.02. The molecule has 0 radical (unpaired) electrons. The lowest BCUT2D eigenvalue weighted by molar-refractivity contribution is -0.137. The number of carboxylic acid groups (broad SMARTS) is 1. The van der Waals surface area contributed by atoms with Crippen LogP contribution < -0.4 is 5.32 Å². The van der Waals surface area contributed by atoms with Crippen LogP contribution in [-0.2, 0) is 15.8 Å². The van der Waals surface area contributed by atoms with E-state index in [2.05, 4.69) is 5.32 Å². The Bertz CT molecular complexity index is 615. The van der Waals surface area contributed by atoms with Crippen LogP contribution in [0.3, 0.4) is 0 Å². The number of aliphatic carboxylic acids is 1. The number of benzene rings is 1. The second-order valence-electron chi connectivity index (χ2n) is 3.53. The topological polar surface area (TPSA) is 90.2 Å². The number of halogens is 3. The first kappa shape index (κ1) is 15.2. The molecular weight excluding hydrogens is 277 g/mol. The highest BCUT2D eigenvalue weighted by Gasteiger charge is 2.33. The Morgan fingerprint density at radius 3 is 2.45 bits per heavy atom. The van der Waals surface area contributed by atoms with Crippen LogP contribution in [0.25, 0.3) is 0 Å². The number of hydrogen-bond donors (Lipinski definition) is 2. The van der Waals surface area contributed by atoms with Gasteiger partial charge in [-0.1, -0.05) is 0 Å². The molecule has 20 heavy (non-hydrogen) atoms. The molecule has 1 aromatic rings. The van der Waals surface area contributed by atoms with Gasteiger partial charge in [0.25, 0.3) is 0 Å². The molecule has 0 aliphatic rings. The van der Waals surface area contributed by atoms with Gasteiger partial charge in [-0.15, -0.1) is 0 Å². The zero-order valence-corrected chi connectivity index (χ0v) is 9.73. The first-order valence-electron chi connectivity index (χ1n) is 5.07. The first-order chi connectivity index (χ1) is 9.24. The average Bonchev–Trinajstić information content (AvgIpc) is 2.35. The zero-order chi connectivity index (χ0) is 15.3. The predicted octanol–water partition coefficient (Wildman–Crippen LogP) is 2.16. The molecule has 8 heteroatoms. The van der Waals surface area contributed by atoms with Gasteiger partial charge < -0.3 is 10.4 Å². The third kappa shape index (κ3) is 4.13. The number of anilines is 1. The van der Waals surface area contributed by atoms with Gasteiger partial charge >= 0.3 is 12.1 Å². The van der Waals surface area contributed by atoms with Gasteiger partial charge in [0.1, 0.15) is 0 Å². The molecule has 0 aliphatic heterocycles. The van der Waals surface area contributed by atoms with Crippen LogP contribution in [0, 0.1) is 11.3 Å². The summed E-state index contributed by atoms with van der Waals surface area (Å²) in [5.41, 5.74) is -1.95. The van der Waals surface area contributed by atoms with Crippen molar-refractivity contribution in [1.82, 2.24) is 0 Å². The highest BCUT2D eigenvalue weighted by atomic mass is 19.4. The van der Waals surface area contributed by atoms with Crippen molar-refractivity contribution >= 4 is 17.6 Å². The van der Waals surface area contributed by atoms with Crippen LogP contribution >= 0.6 is 0 Å². The van der Waals surface area contributed by atoms with Gasteiger partial charge in [0.2, 0.25) is 5.91 Å². The quantitative estimate of drug-likeness (QED) is 0.832. The van der Waals surface area contributed by atoms with Gasteiger partial charge in [-0.2, -0.15) is 18.4 Å². The minimum atomic E-state index is -4.73. The Kier molecular flexibility index (Phi) is 4.48. The van der Waals surface area contributed by atoms with Crippen LogP contribution in [0.5, 0.6) is 0 Å². The Hall–Kier alpha value is -2.82. The molecule has 0 atom stereocenters. The summed E-state index contributed by atoms with van der Waals surface area (Å²) in [6.45, 7) is 0. The van der Waals surface area contributed by atoms with Crippen LogP contribution in [0.15, 0.2) is 30.4 Å². The van der Waals surface area contributed by atoms with Crippen LogP contribution in [0.1, 0.15) is 11.1 Å². The zero-order valence-electron chi connectivity index (χ0n) is 9.73. The molecule has 1 aromatic carbocycles. The number of hydrogen-bond acceptors (Lipinski definition) is 3. The first-order valence-corrected chi connectivity index (χ1v) is 5.07. The van der Waals surface area contributed by atoms with Gasteiger partial charge in [0.15, 0.2) is 0 Å². The van der Waals surface area contributed by atoms with Gasteiger partial charge in [-0.3, -0.25) is 4.79 Å². The summed E-state index contributed by atoms with van der Waals surface area (Å²) in [7, 11) is 0. The normalized spacial score (nSPS) is 11.1. The number of nitriles is 1. The summed E-state index contributed by atoms with van der Waals surface area (Å²) in [6, 6.07) is 4.03. The van der Waals surface area contributed by atoms with Crippen molar-refractivity contribution in [1.29, 1.82) is 5.26 Å². The number of nitrogens with zero attached hydrogens (tertiary/aromatic N) is 1. The fourth-order valence-corrected chi connectivity index (χ4v) is 1.28. The van der Waals surface area contributed by atoms with E-state index in [1.54, 1.807) is 0 Å². The van der Waals surface area contributed by atoms with Crippen LogP contribution in [0.2, 0.25) is 0 Å². The van der Waals surface area contributed by atoms with Gasteiger partial charge in [0, 0.05) is 17.8 Å². The van der Waals surface area contributed by atoms with E-state index in [4.69, 9.17) is 10.4 Å². The molecular formula is C12H7F3N2O3. The molecule has 0 heterocycles. The van der Waals surface area contributed by atoms with Gasteiger partial charge in [-0.25, -0.2) is 4.79 Å². The van der Waals surface area contributed by atoms with E-state index in [9.17, 15) is 22.8 Å². The number of carboxylic acids is 1. The van der Waals surface area contributed by atoms with E-state index in [1.807, 2.05) is 0 Å². The van der Waals surface area contributed by atoms with Crippen molar-refractivity contribution < 1.29 is 27.9 Å². The summed E-state index contributed by atoms with van der Waals surface area (Å²) in [4.78, 5) is 21.4. The minimum absolute atomic E-state index is 0.198. The molecule has 0 saturated carbocycles. The molecule has 0 unspecified atom stereocenters. The number of nitrogens with one attached hydrogen (secondary N) is 1. The third-order valence-electron chi connectivity index (χ3n) is 2.09. The lowest BCUT2D eigenvalue weighted by Gasteiger charge is -2.10. The lowest BCUT2D eigenvalue weighted by atomic mass is 10.1. The minimum Gasteiger partial charge on any atom is -0.478 e. The molecule has 0 aliphatic carbocycles. The largest absolute Gasteiger partial charge is 0.478 e. The molecule has 2 N–H and O–H groups in total. The standard InChI is InChI=1S/C12H7F3N2O3/c13-12(14,15)9-5-8(2-1-7(9)6-16)17-10(18)3-4-11(19)20/h1-5H,(H,17,18)(H,19,20). The number of amides is 1. The fourth-order valence-electron chi connectivity index (χ4n) is 1.28. The summed E-state index contributed by atoms with van der Waals surface area (Å²) < 4.78 is 38.0. The Morgan fingerprint density at radius 2 is 1.95 bits per heavy atom. The smallest absolute Gasteiger partial charge is 0.417 e. The highest BCUT2D eigenvalue weighted by Crippen LogP contribution is 2.33. The molecule has 0 saturated heterocycles. The summed E-state index contributed by atoms with van der Waals surface area (Å²) in [5.74, 6) is -2.26. The van der Waals surface area contributed by atoms with Crippen molar-refractivity contribution in [3.8, 4) is 6.07 Å². The van der Waals surface area contributed by atoms with Crippen molar-refractivity contribution in [2.75, 3.05) is 5.32 Å². The van der Waals surface area contributed by atoms with Crippen molar-refractivity contribution in [3.05, 3.63) is 41.5 Å². The van der Waals surface area contributed by atoms with Crippen molar-refractivity contribution in [3.63, 3.8) is 0 Å². The lowest BCUT2D eigenvalue weighted by Crippen LogP contribution is -2.12. The monoisotopic (exact) mass is 284 g/mol. The Labute approximate surface area is 110 Å². The van der Waals surface area contributed by atoms with E-state index in [-0.39, 0.29) is 5.69 Å². The van der Waals surface area contributed by atoms with E-state index in [0.717, 1.165) is 12.1 Å². The average molecular weight is 284 g/mol. The summed E-state index contributed by atoms with van der Waals surface area (Å²) in [6.07, 6.45) is -3.53. The number of carbonyl (C=O) groups is 2. The summed E-state index contributed by atoms with van der Waals surface area (Å²) in [5, 5.41) is 18.9. The SMILES string of the molecule is N#Cc1ccc(NC(=O)C=CC(=O)O)cc1C(F)(F)F. The second-order valence-corrected chi connectivity index (χ2v) is 3.53. The van der Waals surface area contributed by atoms with Crippen molar-refractivity contribution in [2.45, 2.75) is 6.18 Å². The molecule has 104 valence electrons. The molecule has 1 rings (SSSR count). The third-order valence-corrected chi connectivity index (χ3v) is 2.09. The maximum absolute atomic E-state index is 12.7.